The number of aryl methyl sites for hydroxylation is 1. The van der Waals surface area contributed by atoms with Crippen molar-refractivity contribution in [2.45, 2.75) is 12.8 Å². The van der Waals surface area contributed by atoms with Gasteiger partial charge in [0.15, 0.2) is 0 Å². The molecule has 0 aliphatic carbocycles. The highest BCUT2D eigenvalue weighted by atomic mass is 16.5. The molecule has 1 fully saturated rings. The second-order valence-corrected chi connectivity index (χ2v) is 4.00. The first-order chi connectivity index (χ1) is 7.84. The van der Waals surface area contributed by atoms with Gasteiger partial charge in [-0.15, -0.1) is 0 Å². The molecule has 0 unspecified atom stereocenters. The average molecular weight is 216 g/mol. The van der Waals surface area contributed by atoms with E-state index < -0.39 is 0 Å². The Bertz CT molecular complexity index is 504. The van der Waals surface area contributed by atoms with Crippen molar-refractivity contribution in [2.24, 2.45) is 0 Å². The molecule has 82 valence electrons. The summed E-state index contributed by atoms with van der Waals surface area (Å²) in [6.07, 6.45) is 3.54. The standard InChI is InChI=1S/C11H12N4O/c1-7-4-12-3-2-9(7)10-14-11(16-15-10)8-5-13-6-8/h2-4,8,13H,5-6H2,1H3. The Labute approximate surface area is 92.9 Å². The van der Waals surface area contributed by atoms with Crippen molar-refractivity contribution in [1.82, 2.24) is 20.4 Å². The van der Waals surface area contributed by atoms with E-state index in [0.717, 1.165) is 30.1 Å². The number of nitrogens with zero attached hydrogens (tertiary/aromatic N) is 3. The summed E-state index contributed by atoms with van der Waals surface area (Å²) in [5.74, 6) is 1.76. The highest BCUT2D eigenvalue weighted by molar-refractivity contribution is 5.58. The van der Waals surface area contributed by atoms with Gasteiger partial charge in [-0.1, -0.05) is 5.16 Å². The first-order valence-electron chi connectivity index (χ1n) is 5.30. The monoisotopic (exact) mass is 216 g/mol. The molecule has 1 aliphatic rings. The van der Waals surface area contributed by atoms with Gasteiger partial charge >= 0.3 is 0 Å². The van der Waals surface area contributed by atoms with Crippen molar-refractivity contribution in [1.29, 1.82) is 0 Å². The van der Waals surface area contributed by atoms with E-state index in [-0.39, 0.29) is 0 Å². The van der Waals surface area contributed by atoms with E-state index in [1.807, 2.05) is 13.0 Å². The molecule has 0 saturated carbocycles. The summed E-state index contributed by atoms with van der Waals surface area (Å²) in [4.78, 5) is 8.46. The molecular formula is C11H12N4O. The molecule has 0 aromatic carbocycles. The van der Waals surface area contributed by atoms with Gasteiger partial charge in [-0.25, -0.2) is 0 Å². The summed E-state index contributed by atoms with van der Waals surface area (Å²) in [6, 6.07) is 1.91. The van der Waals surface area contributed by atoms with Gasteiger partial charge in [-0.2, -0.15) is 4.98 Å². The molecule has 0 spiro atoms. The summed E-state index contributed by atoms with van der Waals surface area (Å²) in [7, 11) is 0. The van der Waals surface area contributed by atoms with Crippen LogP contribution in [0.25, 0.3) is 11.4 Å². The number of nitrogens with one attached hydrogen (secondary N) is 1. The van der Waals surface area contributed by atoms with Crippen LogP contribution in [0.5, 0.6) is 0 Å². The summed E-state index contributed by atoms with van der Waals surface area (Å²) in [6.45, 7) is 3.84. The van der Waals surface area contributed by atoms with Gasteiger partial charge in [0, 0.05) is 31.0 Å². The lowest BCUT2D eigenvalue weighted by atomic mass is 10.0. The third-order valence-electron chi connectivity index (χ3n) is 2.83. The highest BCUT2D eigenvalue weighted by Crippen LogP contribution is 2.23. The van der Waals surface area contributed by atoms with E-state index in [9.17, 15) is 0 Å². The van der Waals surface area contributed by atoms with E-state index in [1.54, 1.807) is 12.4 Å². The smallest absolute Gasteiger partial charge is 0.232 e. The lowest BCUT2D eigenvalue weighted by Gasteiger charge is -2.22. The lowest BCUT2D eigenvalue weighted by Crippen LogP contribution is -2.40. The Morgan fingerprint density at radius 2 is 2.31 bits per heavy atom. The van der Waals surface area contributed by atoms with Crippen LogP contribution in [-0.2, 0) is 0 Å². The molecule has 0 amide bonds. The predicted octanol–water partition coefficient (Wildman–Crippen LogP) is 1.13. The Morgan fingerprint density at radius 1 is 1.44 bits per heavy atom. The minimum atomic E-state index is 0.378. The Kier molecular flexibility index (Phi) is 2.18. The van der Waals surface area contributed by atoms with Gasteiger partial charge in [0.1, 0.15) is 0 Å². The van der Waals surface area contributed by atoms with Crippen LogP contribution in [0.15, 0.2) is 23.0 Å². The van der Waals surface area contributed by atoms with Gasteiger partial charge in [0.2, 0.25) is 11.7 Å². The first kappa shape index (κ1) is 9.47. The molecule has 3 heterocycles. The van der Waals surface area contributed by atoms with Crippen molar-refractivity contribution in [2.75, 3.05) is 13.1 Å². The van der Waals surface area contributed by atoms with Crippen molar-refractivity contribution < 1.29 is 4.52 Å². The minimum Gasteiger partial charge on any atom is -0.339 e. The van der Waals surface area contributed by atoms with Gasteiger partial charge in [-0.05, 0) is 18.6 Å². The number of rotatable bonds is 2. The number of hydrogen-bond donors (Lipinski definition) is 1. The van der Waals surface area contributed by atoms with Crippen LogP contribution in [0.1, 0.15) is 17.4 Å². The van der Waals surface area contributed by atoms with E-state index in [1.165, 1.54) is 0 Å². The van der Waals surface area contributed by atoms with Crippen LogP contribution in [0.2, 0.25) is 0 Å². The zero-order valence-electron chi connectivity index (χ0n) is 8.97. The maximum Gasteiger partial charge on any atom is 0.232 e. The van der Waals surface area contributed by atoms with Crippen LogP contribution < -0.4 is 5.32 Å². The topological polar surface area (TPSA) is 63.8 Å². The zero-order chi connectivity index (χ0) is 11.0. The SMILES string of the molecule is Cc1cnccc1-c1noc(C2CNC2)n1. The summed E-state index contributed by atoms with van der Waals surface area (Å²) < 4.78 is 5.26. The molecule has 1 aliphatic heterocycles. The van der Waals surface area contributed by atoms with E-state index in [0.29, 0.717) is 11.7 Å². The lowest BCUT2D eigenvalue weighted by molar-refractivity contribution is 0.308. The van der Waals surface area contributed by atoms with Crippen LogP contribution in [0, 0.1) is 6.92 Å². The maximum absolute atomic E-state index is 5.26. The Hall–Kier alpha value is -1.75. The maximum atomic E-state index is 5.26. The van der Waals surface area contributed by atoms with Crippen LogP contribution >= 0.6 is 0 Å². The minimum absolute atomic E-state index is 0.378. The van der Waals surface area contributed by atoms with E-state index in [4.69, 9.17) is 4.52 Å². The molecule has 16 heavy (non-hydrogen) atoms. The second kappa shape index (κ2) is 3.68. The third-order valence-corrected chi connectivity index (χ3v) is 2.83. The molecule has 2 aromatic rings. The fourth-order valence-corrected chi connectivity index (χ4v) is 1.70. The van der Waals surface area contributed by atoms with Gasteiger partial charge in [-0.3, -0.25) is 4.98 Å². The second-order valence-electron chi connectivity index (χ2n) is 4.00. The Balaban J connectivity index is 1.95. The normalized spacial score (nSPS) is 16.1. The molecule has 0 bridgehead atoms. The first-order valence-corrected chi connectivity index (χ1v) is 5.30. The quantitative estimate of drug-likeness (QED) is 0.815. The van der Waals surface area contributed by atoms with Crippen molar-refractivity contribution in [3.8, 4) is 11.4 Å². The molecule has 0 radical (unpaired) electrons. The van der Waals surface area contributed by atoms with Crippen molar-refractivity contribution in [3.63, 3.8) is 0 Å². The number of pyridine rings is 1. The summed E-state index contributed by atoms with van der Waals surface area (Å²) in [5, 5.41) is 7.19. The van der Waals surface area contributed by atoms with Crippen LogP contribution in [-0.4, -0.2) is 28.2 Å². The van der Waals surface area contributed by atoms with Gasteiger partial charge in [0.25, 0.3) is 0 Å². The fraction of sp³-hybridized carbons (Fsp3) is 0.364. The molecule has 2 aromatic heterocycles. The van der Waals surface area contributed by atoms with Crippen LogP contribution in [0.3, 0.4) is 0 Å². The Morgan fingerprint density at radius 3 is 3.00 bits per heavy atom. The molecule has 5 nitrogen and oxygen atoms in total. The molecule has 5 heteroatoms. The van der Waals surface area contributed by atoms with Crippen LogP contribution in [0.4, 0.5) is 0 Å². The molecule has 1 N–H and O–H groups in total. The predicted molar refractivity (Wildman–Crippen MR) is 57.9 cm³/mol. The summed E-state index contributed by atoms with van der Waals surface area (Å²) in [5.41, 5.74) is 2.04. The zero-order valence-corrected chi connectivity index (χ0v) is 8.97. The number of hydrogen-bond acceptors (Lipinski definition) is 5. The van der Waals surface area contributed by atoms with Gasteiger partial charge in [0.05, 0.1) is 5.92 Å². The molecular weight excluding hydrogens is 204 g/mol. The van der Waals surface area contributed by atoms with E-state index in [2.05, 4.69) is 20.4 Å². The average Bonchev–Trinajstić information content (AvgIpc) is 2.65. The molecule has 1 saturated heterocycles. The summed E-state index contributed by atoms with van der Waals surface area (Å²) >= 11 is 0. The third kappa shape index (κ3) is 1.49. The van der Waals surface area contributed by atoms with Crippen molar-refractivity contribution in [3.05, 3.63) is 29.9 Å². The fourth-order valence-electron chi connectivity index (χ4n) is 1.70. The highest BCUT2D eigenvalue weighted by Gasteiger charge is 2.25. The van der Waals surface area contributed by atoms with Crippen molar-refractivity contribution >= 4 is 0 Å². The molecule has 0 atom stereocenters. The number of aromatic nitrogens is 3. The van der Waals surface area contributed by atoms with E-state index >= 15 is 0 Å². The largest absolute Gasteiger partial charge is 0.339 e. The van der Waals surface area contributed by atoms with Gasteiger partial charge < -0.3 is 9.84 Å². The molecule has 3 rings (SSSR count).